The predicted molar refractivity (Wildman–Crippen MR) is 40.7 cm³/mol. The van der Waals surface area contributed by atoms with Gasteiger partial charge in [-0.25, -0.2) is 4.79 Å². The van der Waals surface area contributed by atoms with Crippen molar-refractivity contribution in [3.63, 3.8) is 0 Å². The number of ketones is 1. The van der Waals surface area contributed by atoms with Crippen LogP contribution in [-0.2, 0) is 14.3 Å². The van der Waals surface area contributed by atoms with Gasteiger partial charge in [0.05, 0.1) is 0 Å². The Balaban J connectivity index is 2.99. The van der Waals surface area contributed by atoms with Crippen molar-refractivity contribution in [2.75, 3.05) is 0 Å². The maximum atomic E-state index is 11.5. The molecule has 0 saturated carbocycles. The SMILES string of the molecule is CC1(C)OC(=O)OC(C)(C)C1=O. The lowest BCUT2D eigenvalue weighted by atomic mass is 9.89. The second-order valence-corrected chi connectivity index (χ2v) is 3.80. The summed E-state index contributed by atoms with van der Waals surface area (Å²) in [6.07, 6.45) is -0.787. The first-order valence-electron chi connectivity index (χ1n) is 3.72. The third-order valence-electron chi connectivity index (χ3n) is 1.77. The second kappa shape index (κ2) is 2.21. The first-order chi connectivity index (χ1) is 5.26. The fraction of sp³-hybridized carbons (Fsp3) is 0.750. The summed E-state index contributed by atoms with van der Waals surface area (Å²) >= 11 is 0. The largest absolute Gasteiger partial charge is 0.510 e. The summed E-state index contributed by atoms with van der Waals surface area (Å²) < 4.78 is 9.42. The number of hydrogen-bond donors (Lipinski definition) is 0. The third kappa shape index (κ3) is 1.29. The molecule has 0 N–H and O–H groups in total. The van der Waals surface area contributed by atoms with Gasteiger partial charge in [-0.05, 0) is 27.7 Å². The summed E-state index contributed by atoms with van der Waals surface area (Å²) in [6.45, 7) is 6.21. The first kappa shape index (κ1) is 9.03. The highest BCUT2D eigenvalue weighted by Gasteiger charge is 2.49. The summed E-state index contributed by atoms with van der Waals surface area (Å²) in [5.74, 6) is -0.227. The van der Waals surface area contributed by atoms with E-state index in [4.69, 9.17) is 9.47 Å². The Morgan fingerprint density at radius 3 is 1.58 bits per heavy atom. The van der Waals surface area contributed by atoms with E-state index in [1.54, 1.807) is 27.7 Å². The number of hydrogen-bond acceptors (Lipinski definition) is 4. The second-order valence-electron chi connectivity index (χ2n) is 3.80. The Labute approximate surface area is 70.8 Å². The van der Waals surface area contributed by atoms with Gasteiger partial charge in [0.2, 0.25) is 5.78 Å². The lowest BCUT2D eigenvalue weighted by Gasteiger charge is -2.37. The van der Waals surface area contributed by atoms with E-state index in [9.17, 15) is 9.59 Å². The fourth-order valence-corrected chi connectivity index (χ4v) is 1.26. The monoisotopic (exact) mass is 172 g/mol. The van der Waals surface area contributed by atoms with Gasteiger partial charge in [-0.1, -0.05) is 0 Å². The van der Waals surface area contributed by atoms with Crippen LogP contribution in [0.25, 0.3) is 0 Å². The van der Waals surface area contributed by atoms with Crippen LogP contribution >= 0.6 is 0 Å². The average molecular weight is 172 g/mol. The van der Waals surface area contributed by atoms with Crippen LogP contribution in [0.3, 0.4) is 0 Å². The van der Waals surface area contributed by atoms with Crippen LogP contribution in [0.1, 0.15) is 27.7 Å². The van der Waals surface area contributed by atoms with Crippen molar-refractivity contribution >= 4 is 11.9 Å². The number of rotatable bonds is 0. The van der Waals surface area contributed by atoms with Gasteiger partial charge in [0.15, 0.2) is 11.2 Å². The molecule has 1 heterocycles. The molecule has 0 unspecified atom stereocenters. The maximum absolute atomic E-state index is 11.5. The van der Waals surface area contributed by atoms with Gasteiger partial charge in [-0.3, -0.25) is 4.79 Å². The number of cyclic esters (lactones) is 2. The summed E-state index contributed by atoms with van der Waals surface area (Å²) in [4.78, 5) is 22.4. The molecule has 0 spiro atoms. The van der Waals surface area contributed by atoms with Crippen LogP contribution in [0.15, 0.2) is 0 Å². The molecule has 1 saturated heterocycles. The molecule has 0 aromatic rings. The van der Waals surface area contributed by atoms with Gasteiger partial charge in [0.25, 0.3) is 0 Å². The molecular formula is C8H12O4. The van der Waals surface area contributed by atoms with Gasteiger partial charge in [-0.15, -0.1) is 0 Å². The molecular weight excluding hydrogens is 160 g/mol. The van der Waals surface area contributed by atoms with Crippen molar-refractivity contribution < 1.29 is 19.1 Å². The van der Waals surface area contributed by atoms with Crippen molar-refractivity contribution in [2.45, 2.75) is 38.9 Å². The van der Waals surface area contributed by atoms with Gasteiger partial charge < -0.3 is 9.47 Å². The smallest absolute Gasteiger partial charge is 0.420 e. The lowest BCUT2D eigenvalue weighted by Crippen LogP contribution is -2.56. The van der Waals surface area contributed by atoms with Crippen molar-refractivity contribution in [3.8, 4) is 0 Å². The molecule has 1 fully saturated rings. The molecule has 0 aliphatic carbocycles. The molecule has 0 atom stereocenters. The minimum atomic E-state index is -1.07. The average Bonchev–Trinajstić information content (AvgIpc) is 1.80. The zero-order chi connectivity index (χ0) is 9.57. The molecule has 1 aliphatic rings. The molecule has 0 bridgehead atoms. The van der Waals surface area contributed by atoms with Crippen LogP contribution in [0.2, 0.25) is 0 Å². The van der Waals surface area contributed by atoms with E-state index in [-0.39, 0.29) is 5.78 Å². The molecule has 1 rings (SSSR count). The van der Waals surface area contributed by atoms with E-state index >= 15 is 0 Å². The minimum Gasteiger partial charge on any atom is -0.420 e. The third-order valence-corrected chi connectivity index (χ3v) is 1.77. The number of carbonyl (C=O) groups excluding carboxylic acids is 2. The normalized spacial score (nSPS) is 26.0. The van der Waals surface area contributed by atoms with Gasteiger partial charge >= 0.3 is 6.16 Å². The Hall–Kier alpha value is -1.06. The molecule has 0 radical (unpaired) electrons. The highest BCUT2D eigenvalue weighted by Crippen LogP contribution is 2.28. The summed E-state index contributed by atoms with van der Waals surface area (Å²) in [5.41, 5.74) is -2.14. The quantitative estimate of drug-likeness (QED) is 0.516. The molecule has 68 valence electrons. The molecule has 0 aromatic heterocycles. The highest BCUT2D eigenvalue weighted by atomic mass is 16.8. The van der Waals surface area contributed by atoms with E-state index in [1.807, 2.05) is 0 Å². The molecule has 0 amide bonds. The van der Waals surface area contributed by atoms with Gasteiger partial charge in [0, 0.05) is 0 Å². The van der Waals surface area contributed by atoms with Crippen LogP contribution in [0, 0.1) is 0 Å². The van der Waals surface area contributed by atoms with Gasteiger partial charge in [-0.2, -0.15) is 0 Å². The maximum Gasteiger partial charge on any atom is 0.510 e. The Bertz CT molecular complexity index is 217. The fourth-order valence-electron chi connectivity index (χ4n) is 1.26. The highest BCUT2D eigenvalue weighted by molar-refractivity contribution is 5.97. The first-order valence-corrected chi connectivity index (χ1v) is 3.72. The van der Waals surface area contributed by atoms with Crippen molar-refractivity contribution in [1.29, 1.82) is 0 Å². The molecule has 12 heavy (non-hydrogen) atoms. The van der Waals surface area contributed by atoms with E-state index < -0.39 is 17.4 Å². The Morgan fingerprint density at radius 1 is 0.917 bits per heavy atom. The topological polar surface area (TPSA) is 52.6 Å². The van der Waals surface area contributed by atoms with Gasteiger partial charge in [0.1, 0.15) is 0 Å². The molecule has 4 heteroatoms. The number of Topliss-reactive ketones (excluding diaryl/α,β-unsaturated/α-hetero) is 1. The van der Waals surface area contributed by atoms with Crippen LogP contribution < -0.4 is 0 Å². The van der Waals surface area contributed by atoms with E-state index in [1.165, 1.54) is 0 Å². The van der Waals surface area contributed by atoms with Crippen LogP contribution in [0.4, 0.5) is 4.79 Å². The summed E-state index contributed by atoms with van der Waals surface area (Å²) in [7, 11) is 0. The predicted octanol–water partition coefficient (Wildman–Crippen LogP) is 1.28. The standard InChI is InChI=1S/C8H12O4/c1-7(2)5(9)8(3,4)12-6(10)11-7/h1-4H3. The van der Waals surface area contributed by atoms with E-state index in [0.29, 0.717) is 0 Å². The zero-order valence-electron chi connectivity index (χ0n) is 7.63. The lowest BCUT2D eigenvalue weighted by molar-refractivity contribution is -0.171. The number of carbonyl (C=O) groups is 2. The summed E-state index contributed by atoms with van der Waals surface area (Å²) in [6, 6.07) is 0. The molecule has 0 aromatic carbocycles. The Morgan fingerprint density at radius 2 is 1.25 bits per heavy atom. The van der Waals surface area contributed by atoms with E-state index in [2.05, 4.69) is 0 Å². The summed E-state index contributed by atoms with van der Waals surface area (Å²) in [5, 5.41) is 0. The van der Waals surface area contributed by atoms with Crippen LogP contribution in [-0.4, -0.2) is 23.1 Å². The zero-order valence-corrected chi connectivity index (χ0v) is 7.63. The van der Waals surface area contributed by atoms with E-state index in [0.717, 1.165) is 0 Å². The number of ether oxygens (including phenoxy) is 2. The molecule has 1 aliphatic heterocycles. The van der Waals surface area contributed by atoms with Crippen molar-refractivity contribution in [1.82, 2.24) is 0 Å². The van der Waals surface area contributed by atoms with Crippen molar-refractivity contribution in [2.24, 2.45) is 0 Å². The van der Waals surface area contributed by atoms with Crippen LogP contribution in [0.5, 0.6) is 0 Å². The van der Waals surface area contributed by atoms with Crippen molar-refractivity contribution in [3.05, 3.63) is 0 Å². The molecule has 4 nitrogen and oxygen atoms in total. The Kier molecular flexibility index (Phi) is 1.67. The minimum absolute atomic E-state index is 0.227.